The van der Waals surface area contributed by atoms with E-state index in [-0.39, 0.29) is 5.91 Å². The molecule has 2 aromatic heterocycles. The first kappa shape index (κ1) is 16.3. The number of H-pyrrole nitrogens is 1. The highest BCUT2D eigenvalue weighted by atomic mass is 16.1. The first-order chi connectivity index (χ1) is 11.5. The first-order valence-corrected chi connectivity index (χ1v) is 8.40. The summed E-state index contributed by atoms with van der Waals surface area (Å²) in [6.07, 6.45) is 4.28. The molecule has 0 saturated carbocycles. The quantitative estimate of drug-likeness (QED) is 0.726. The lowest BCUT2D eigenvalue weighted by molar-refractivity contribution is -0.115. The number of benzene rings is 1. The normalized spacial score (nSPS) is 11.3. The molecule has 1 amide bonds. The number of aromatic amines is 1. The number of fused-ring (bicyclic) bond motifs is 1. The number of anilines is 1. The van der Waals surface area contributed by atoms with Crippen molar-refractivity contribution < 1.29 is 4.79 Å². The van der Waals surface area contributed by atoms with Crippen molar-refractivity contribution in [3.05, 3.63) is 47.8 Å². The minimum atomic E-state index is -0.0295. The molecule has 0 spiro atoms. The number of carbonyl (C=O) groups is 1. The Morgan fingerprint density at radius 1 is 1.33 bits per heavy atom. The molecule has 1 aromatic carbocycles. The minimum absolute atomic E-state index is 0.0295. The highest BCUT2D eigenvalue weighted by molar-refractivity contribution is 5.95. The highest BCUT2D eigenvalue weighted by Gasteiger charge is 2.12. The fraction of sp³-hybridized carbons (Fsp3) is 0.368. The third-order valence-corrected chi connectivity index (χ3v) is 4.20. The topological polar surface area (TPSA) is 62.7 Å². The molecule has 5 heteroatoms. The van der Waals surface area contributed by atoms with Crippen LogP contribution in [0.4, 0.5) is 5.82 Å². The van der Waals surface area contributed by atoms with Gasteiger partial charge >= 0.3 is 0 Å². The van der Waals surface area contributed by atoms with Crippen LogP contribution in [0.1, 0.15) is 31.5 Å². The van der Waals surface area contributed by atoms with Crippen LogP contribution in [0.5, 0.6) is 0 Å². The number of amides is 1. The maximum Gasteiger partial charge on any atom is 0.230 e. The van der Waals surface area contributed by atoms with E-state index < -0.39 is 0 Å². The summed E-state index contributed by atoms with van der Waals surface area (Å²) in [7, 11) is 1.86. The molecule has 3 rings (SSSR count). The van der Waals surface area contributed by atoms with Crippen LogP contribution in [0.2, 0.25) is 0 Å². The molecule has 0 radical (unpaired) electrons. The number of aryl methyl sites for hydroxylation is 2. The second kappa shape index (κ2) is 6.91. The summed E-state index contributed by atoms with van der Waals surface area (Å²) in [6.45, 7) is 4.40. The fourth-order valence-corrected chi connectivity index (χ4v) is 2.84. The Hall–Kier alpha value is -2.56. The van der Waals surface area contributed by atoms with Crippen LogP contribution in [-0.2, 0) is 24.7 Å². The molecule has 0 saturated heterocycles. The molecule has 0 aliphatic rings. The molecule has 0 atom stereocenters. The first-order valence-electron chi connectivity index (χ1n) is 8.40. The van der Waals surface area contributed by atoms with E-state index in [1.165, 1.54) is 0 Å². The van der Waals surface area contributed by atoms with Crippen LogP contribution in [0, 0.1) is 5.92 Å². The van der Waals surface area contributed by atoms with E-state index in [0.717, 1.165) is 40.8 Å². The molecule has 5 nitrogen and oxygen atoms in total. The number of rotatable bonds is 6. The average Bonchev–Trinajstić information content (AvgIpc) is 3.10. The largest absolute Gasteiger partial charge is 0.361 e. The fourth-order valence-electron chi connectivity index (χ4n) is 2.84. The van der Waals surface area contributed by atoms with Crippen LogP contribution in [0.25, 0.3) is 10.9 Å². The Bertz CT molecular complexity index is 844. The average molecular weight is 324 g/mol. The molecular formula is C19H24N4O. The Kier molecular flexibility index (Phi) is 4.69. The van der Waals surface area contributed by atoms with Gasteiger partial charge in [0.05, 0.1) is 12.1 Å². The lowest BCUT2D eigenvalue weighted by Crippen LogP contribution is -2.16. The number of hydrogen-bond donors (Lipinski definition) is 2. The van der Waals surface area contributed by atoms with Gasteiger partial charge in [-0.15, -0.1) is 0 Å². The Morgan fingerprint density at radius 2 is 2.12 bits per heavy atom. The summed E-state index contributed by atoms with van der Waals surface area (Å²) in [6, 6.07) is 9.98. The Balaban J connectivity index is 1.66. The molecule has 2 heterocycles. The zero-order valence-corrected chi connectivity index (χ0v) is 14.5. The van der Waals surface area contributed by atoms with Crippen molar-refractivity contribution in [2.45, 2.75) is 33.1 Å². The van der Waals surface area contributed by atoms with Crippen LogP contribution >= 0.6 is 0 Å². The lowest BCUT2D eigenvalue weighted by atomic mass is 10.1. The van der Waals surface area contributed by atoms with Gasteiger partial charge in [-0.25, -0.2) is 0 Å². The molecule has 2 N–H and O–H groups in total. The molecule has 24 heavy (non-hydrogen) atoms. The predicted octanol–water partition coefficient (Wildman–Crippen LogP) is 3.67. The van der Waals surface area contributed by atoms with Gasteiger partial charge in [0.2, 0.25) is 5.91 Å². The van der Waals surface area contributed by atoms with Crippen molar-refractivity contribution in [3.8, 4) is 0 Å². The molecule has 3 aromatic rings. The number of carbonyl (C=O) groups excluding carboxylic acids is 1. The third-order valence-electron chi connectivity index (χ3n) is 4.20. The van der Waals surface area contributed by atoms with Crippen molar-refractivity contribution in [1.29, 1.82) is 0 Å². The van der Waals surface area contributed by atoms with Crippen molar-refractivity contribution in [2.24, 2.45) is 13.0 Å². The van der Waals surface area contributed by atoms with E-state index in [2.05, 4.69) is 29.2 Å². The second-order valence-electron chi connectivity index (χ2n) is 6.66. The summed E-state index contributed by atoms with van der Waals surface area (Å²) in [5.74, 6) is 1.36. The molecular weight excluding hydrogens is 300 g/mol. The smallest absolute Gasteiger partial charge is 0.230 e. The van der Waals surface area contributed by atoms with Crippen molar-refractivity contribution in [3.63, 3.8) is 0 Å². The van der Waals surface area contributed by atoms with E-state index in [1.807, 2.05) is 43.6 Å². The maximum absolute atomic E-state index is 12.4. The van der Waals surface area contributed by atoms with E-state index in [0.29, 0.717) is 12.3 Å². The van der Waals surface area contributed by atoms with Gasteiger partial charge in [-0.05, 0) is 30.4 Å². The number of nitrogens with one attached hydrogen (secondary N) is 2. The summed E-state index contributed by atoms with van der Waals surface area (Å²) < 4.78 is 1.74. The highest BCUT2D eigenvalue weighted by Crippen LogP contribution is 2.19. The van der Waals surface area contributed by atoms with Gasteiger partial charge in [-0.1, -0.05) is 32.0 Å². The zero-order chi connectivity index (χ0) is 17.1. The van der Waals surface area contributed by atoms with E-state index in [4.69, 9.17) is 0 Å². The van der Waals surface area contributed by atoms with Crippen molar-refractivity contribution >= 4 is 22.6 Å². The van der Waals surface area contributed by atoms with E-state index in [9.17, 15) is 4.79 Å². The maximum atomic E-state index is 12.4. The van der Waals surface area contributed by atoms with E-state index in [1.54, 1.807) is 4.68 Å². The Morgan fingerprint density at radius 3 is 2.92 bits per heavy atom. The van der Waals surface area contributed by atoms with Crippen LogP contribution in [-0.4, -0.2) is 20.7 Å². The summed E-state index contributed by atoms with van der Waals surface area (Å²) in [5.41, 5.74) is 3.08. The molecule has 0 aliphatic heterocycles. The molecule has 126 valence electrons. The van der Waals surface area contributed by atoms with Gasteiger partial charge < -0.3 is 10.3 Å². The summed E-state index contributed by atoms with van der Waals surface area (Å²) in [5, 5.41) is 8.54. The van der Waals surface area contributed by atoms with Crippen LogP contribution in [0.15, 0.2) is 36.5 Å². The van der Waals surface area contributed by atoms with Gasteiger partial charge in [0.15, 0.2) is 0 Å². The van der Waals surface area contributed by atoms with Gasteiger partial charge in [0.1, 0.15) is 5.82 Å². The SMILES string of the molecule is CC(C)CCc1cc(NC(=O)Cc2c[nH]c3ccccc23)n(C)n1. The van der Waals surface area contributed by atoms with Crippen LogP contribution in [0.3, 0.4) is 0 Å². The number of nitrogens with zero attached hydrogens (tertiary/aromatic N) is 2. The predicted molar refractivity (Wildman–Crippen MR) is 97.0 cm³/mol. The third kappa shape index (κ3) is 3.67. The number of aromatic nitrogens is 3. The van der Waals surface area contributed by atoms with Crippen molar-refractivity contribution in [2.75, 3.05) is 5.32 Å². The van der Waals surface area contributed by atoms with Gasteiger partial charge in [-0.3, -0.25) is 9.48 Å². The van der Waals surface area contributed by atoms with E-state index >= 15 is 0 Å². The number of para-hydroxylation sites is 1. The summed E-state index contributed by atoms with van der Waals surface area (Å²) >= 11 is 0. The monoisotopic (exact) mass is 324 g/mol. The van der Waals surface area contributed by atoms with Gasteiger partial charge in [0, 0.05) is 30.2 Å². The molecule has 0 unspecified atom stereocenters. The lowest BCUT2D eigenvalue weighted by Gasteiger charge is -2.04. The van der Waals surface area contributed by atoms with Gasteiger partial charge in [-0.2, -0.15) is 5.10 Å². The minimum Gasteiger partial charge on any atom is -0.361 e. The van der Waals surface area contributed by atoms with Crippen molar-refractivity contribution in [1.82, 2.24) is 14.8 Å². The Labute approximate surface area is 142 Å². The second-order valence-corrected chi connectivity index (χ2v) is 6.66. The van der Waals surface area contributed by atoms with Gasteiger partial charge in [0.25, 0.3) is 0 Å². The number of hydrogen-bond acceptors (Lipinski definition) is 2. The zero-order valence-electron chi connectivity index (χ0n) is 14.5. The standard InChI is InChI=1S/C19H24N4O/c1-13(2)8-9-15-11-18(23(3)22-15)21-19(24)10-14-12-20-17-7-5-4-6-16(14)17/h4-7,11-13,20H,8-10H2,1-3H3,(H,21,24). The molecule has 0 aliphatic carbocycles. The molecule has 0 fully saturated rings. The summed E-state index contributed by atoms with van der Waals surface area (Å²) in [4.78, 5) is 15.6. The molecule has 0 bridgehead atoms. The van der Waals surface area contributed by atoms with Crippen LogP contribution < -0.4 is 5.32 Å².